The van der Waals surface area contributed by atoms with E-state index in [0.29, 0.717) is 29.5 Å². The molecule has 1 aliphatic heterocycles. The molecule has 164 valence electrons. The number of anilines is 1. The third kappa shape index (κ3) is 4.46. The van der Waals surface area contributed by atoms with Gasteiger partial charge in [-0.3, -0.25) is 18.6 Å². The van der Waals surface area contributed by atoms with E-state index in [0.717, 1.165) is 50.2 Å². The zero-order valence-electron chi connectivity index (χ0n) is 17.6. The summed E-state index contributed by atoms with van der Waals surface area (Å²) in [7, 11) is 0. The molecule has 7 nitrogen and oxygen atoms in total. The van der Waals surface area contributed by atoms with E-state index in [4.69, 9.17) is 16.6 Å². The molecular weight excluding hydrogens is 416 g/mol. The van der Waals surface area contributed by atoms with Crippen molar-refractivity contribution in [3.05, 3.63) is 51.9 Å². The summed E-state index contributed by atoms with van der Waals surface area (Å²) in [5, 5.41) is 10.1. The van der Waals surface area contributed by atoms with E-state index >= 15 is 0 Å². The molecule has 3 heterocycles. The largest absolute Gasteiger partial charge is 0.481 e. The molecule has 1 aromatic carbocycles. The van der Waals surface area contributed by atoms with Crippen molar-refractivity contribution in [2.24, 2.45) is 5.92 Å². The maximum Gasteiger partial charge on any atom is 0.308 e. The number of rotatable bonds is 7. The fourth-order valence-corrected chi connectivity index (χ4v) is 4.35. The number of hydrogen-bond donors (Lipinski definition) is 1. The molecule has 31 heavy (non-hydrogen) atoms. The first-order chi connectivity index (χ1) is 15.0. The lowest BCUT2D eigenvalue weighted by Crippen LogP contribution is -2.41. The molecule has 1 saturated heterocycles. The molecule has 3 aromatic rings. The molecule has 0 radical (unpaired) electrons. The second kappa shape index (κ2) is 9.14. The summed E-state index contributed by atoms with van der Waals surface area (Å²) in [5.74, 6) is 0.138. The van der Waals surface area contributed by atoms with Gasteiger partial charge in [-0.2, -0.15) is 0 Å². The van der Waals surface area contributed by atoms with Crippen molar-refractivity contribution in [3.8, 4) is 11.3 Å². The van der Waals surface area contributed by atoms with E-state index in [9.17, 15) is 14.7 Å². The summed E-state index contributed by atoms with van der Waals surface area (Å²) < 4.78 is 3.65. The number of piperidine rings is 1. The normalized spacial score (nSPS) is 16.7. The van der Waals surface area contributed by atoms with Gasteiger partial charge >= 0.3 is 5.97 Å². The number of fused-ring (bicyclic) bond motifs is 1. The molecule has 1 N–H and O–H groups in total. The smallest absolute Gasteiger partial charge is 0.308 e. The van der Waals surface area contributed by atoms with Gasteiger partial charge in [0.1, 0.15) is 5.82 Å². The molecule has 1 fully saturated rings. The highest BCUT2D eigenvalue weighted by Gasteiger charge is 2.28. The number of halogens is 1. The molecule has 0 bridgehead atoms. The Kier molecular flexibility index (Phi) is 6.32. The predicted octanol–water partition coefficient (Wildman–Crippen LogP) is 4.31. The summed E-state index contributed by atoms with van der Waals surface area (Å²) in [6.07, 6.45) is 6.33. The zero-order valence-corrected chi connectivity index (χ0v) is 18.4. The first-order valence-corrected chi connectivity index (χ1v) is 11.2. The van der Waals surface area contributed by atoms with Crippen LogP contribution >= 0.6 is 11.6 Å². The number of carbonyl (C=O) groups is 1. The van der Waals surface area contributed by atoms with Crippen molar-refractivity contribution < 1.29 is 9.90 Å². The van der Waals surface area contributed by atoms with Crippen LogP contribution in [0.25, 0.3) is 17.0 Å². The van der Waals surface area contributed by atoms with Crippen LogP contribution in [-0.4, -0.2) is 38.1 Å². The Morgan fingerprint density at radius 2 is 2.03 bits per heavy atom. The minimum absolute atomic E-state index is 0.165. The van der Waals surface area contributed by atoms with Gasteiger partial charge in [-0.1, -0.05) is 43.5 Å². The standard InChI is InChI=1S/C23H27ClN4O3/c1-2-3-4-12-27-20(26-11-5-6-17(14-26)22(30)31)13-21(29)28-15-19(25-23(27)28)16-7-9-18(24)10-8-16/h7-10,13,15,17H,2-6,11-12,14H2,1H3,(H,30,31)/t17-/m1/s1. The van der Waals surface area contributed by atoms with Crippen LogP contribution < -0.4 is 10.5 Å². The first-order valence-electron chi connectivity index (χ1n) is 10.8. The lowest BCUT2D eigenvalue weighted by molar-refractivity contribution is -0.141. The first kappa shape index (κ1) is 21.4. The highest BCUT2D eigenvalue weighted by molar-refractivity contribution is 6.30. The van der Waals surface area contributed by atoms with Gasteiger partial charge in [0, 0.05) is 42.5 Å². The van der Waals surface area contributed by atoms with Crippen molar-refractivity contribution in [1.29, 1.82) is 0 Å². The summed E-state index contributed by atoms with van der Waals surface area (Å²) in [6, 6.07) is 9.01. The second-order valence-electron chi connectivity index (χ2n) is 8.13. The Labute approximate surface area is 185 Å². The van der Waals surface area contributed by atoms with Gasteiger partial charge in [-0.25, -0.2) is 4.98 Å². The Morgan fingerprint density at radius 3 is 2.74 bits per heavy atom. The summed E-state index contributed by atoms with van der Waals surface area (Å²) in [4.78, 5) is 31.4. The van der Waals surface area contributed by atoms with E-state index in [-0.39, 0.29) is 5.56 Å². The predicted molar refractivity (Wildman–Crippen MR) is 122 cm³/mol. The highest BCUT2D eigenvalue weighted by atomic mass is 35.5. The Balaban J connectivity index is 1.81. The monoisotopic (exact) mass is 442 g/mol. The van der Waals surface area contributed by atoms with E-state index < -0.39 is 11.9 Å². The average molecular weight is 443 g/mol. The highest BCUT2D eigenvalue weighted by Crippen LogP contribution is 2.26. The number of nitrogens with zero attached hydrogens (tertiary/aromatic N) is 4. The molecule has 1 aliphatic rings. The van der Waals surface area contributed by atoms with Crippen LogP contribution in [0.1, 0.15) is 39.0 Å². The van der Waals surface area contributed by atoms with Crippen LogP contribution in [0.3, 0.4) is 0 Å². The summed E-state index contributed by atoms with van der Waals surface area (Å²) >= 11 is 6.01. The average Bonchev–Trinajstić information content (AvgIpc) is 3.22. The molecule has 0 amide bonds. The van der Waals surface area contributed by atoms with Gasteiger partial charge in [-0.05, 0) is 31.4 Å². The third-order valence-electron chi connectivity index (χ3n) is 5.92. The molecule has 8 heteroatoms. The van der Waals surface area contributed by atoms with Crippen molar-refractivity contribution in [2.75, 3.05) is 18.0 Å². The van der Waals surface area contributed by atoms with Crippen LogP contribution in [0.4, 0.5) is 5.82 Å². The number of carboxylic acid groups (broad SMARTS) is 1. The van der Waals surface area contributed by atoms with Gasteiger partial charge in [0.2, 0.25) is 5.78 Å². The van der Waals surface area contributed by atoms with Crippen molar-refractivity contribution in [1.82, 2.24) is 14.0 Å². The van der Waals surface area contributed by atoms with Crippen LogP contribution in [0.15, 0.2) is 41.3 Å². The maximum atomic E-state index is 13.0. The Morgan fingerprint density at radius 1 is 1.26 bits per heavy atom. The second-order valence-corrected chi connectivity index (χ2v) is 8.56. The lowest BCUT2D eigenvalue weighted by Gasteiger charge is -2.34. The molecule has 2 aromatic heterocycles. The van der Waals surface area contributed by atoms with E-state index in [2.05, 4.69) is 11.5 Å². The van der Waals surface area contributed by atoms with Gasteiger partial charge in [0.25, 0.3) is 5.56 Å². The molecule has 0 unspecified atom stereocenters. The Bertz CT molecular complexity index is 1140. The fourth-order valence-electron chi connectivity index (χ4n) is 4.23. The van der Waals surface area contributed by atoms with E-state index in [1.807, 2.05) is 17.0 Å². The van der Waals surface area contributed by atoms with Crippen molar-refractivity contribution >= 4 is 29.2 Å². The number of imidazole rings is 1. The molecule has 1 atom stereocenters. The summed E-state index contributed by atoms with van der Waals surface area (Å²) in [5.41, 5.74) is 1.43. The van der Waals surface area contributed by atoms with Gasteiger partial charge in [0.05, 0.1) is 11.6 Å². The summed E-state index contributed by atoms with van der Waals surface area (Å²) in [6.45, 7) is 4.01. The van der Waals surface area contributed by atoms with Gasteiger partial charge in [0.15, 0.2) is 0 Å². The van der Waals surface area contributed by atoms with Crippen LogP contribution in [0.2, 0.25) is 5.02 Å². The van der Waals surface area contributed by atoms with E-state index in [1.165, 1.54) is 0 Å². The number of carboxylic acids is 1. The maximum absolute atomic E-state index is 13.0. The molecule has 4 rings (SSSR count). The number of hydrogen-bond acceptors (Lipinski definition) is 4. The minimum atomic E-state index is -0.781. The topological polar surface area (TPSA) is 79.8 Å². The number of aryl methyl sites for hydroxylation is 1. The van der Waals surface area contributed by atoms with Crippen molar-refractivity contribution in [2.45, 2.75) is 45.6 Å². The van der Waals surface area contributed by atoms with Gasteiger partial charge < -0.3 is 10.0 Å². The molecular formula is C23H27ClN4O3. The fraction of sp³-hybridized carbons (Fsp3) is 0.435. The van der Waals surface area contributed by atoms with E-state index in [1.54, 1.807) is 28.8 Å². The number of unbranched alkanes of at least 4 members (excludes halogenated alkanes) is 2. The van der Waals surface area contributed by atoms with Gasteiger partial charge in [-0.15, -0.1) is 0 Å². The van der Waals surface area contributed by atoms with Crippen LogP contribution in [-0.2, 0) is 11.3 Å². The number of aliphatic carboxylic acids is 1. The minimum Gasteiger partial charge on any atom is -0.481 e. The van der Waals surface area contributed by atoms with Crippen molar-refractivity contribution in [3.63, 3.8) is 0 Å². The van der Waals surface area contributed by atoms with Crippen LogP contribution in [0, 0.1) is 5.92 Å². The lowest BCUT2D eigenvalue weighted by atomic mass is 9.98. The number of benzene rings is 1. The quantitative estimate of drug-likeness (QED) is 0.551. The molecule has 0 aliphatic carbocycles. The molecule has 0 spiro atoms. The molecule has 0 saturated carbocycles. The zero-order chi connectivity index (χ0) is 22.0. The SMILES string of the molecule is CCCCCn1c(N2CCC[C@@H](C(=O)O)C2)cc(=O)n2cc(-c3ccc(Cl)cc3)nc12. The van der Waals surface area contributed by atoms with Crippen LogP contribution in [0.5, 0.6) is 0 Å². The Hall–Kier alpha value is -2.80. The number of aromatic nitrogens is 3. The third-order valence-corrected chi connectivity index (χ3v) is 6.17.